The van der Waals surface area contributed by atoms with Crippen LogP contribution in [-0.2, 0) is 11.3 Å². The van der Waals surface area contributed by atoms with Gasteiger partial charge in [-0.3, -0.25) is 9.20 Å². The van der Waals surface area contributed by atoms with Crippen molar-refractivity contribution in [1.82, 2.24) is 19.1 Å². The minimum atomic E-state index is -0.322. The zero-order chi connectivity index (χ0) is 14.1. The fourth-order valence-corrected chi connectivity index (χ4v) is 2.41. The summed E-state index contributed by atoms with van der Waals surface area (Å²) in [5.41, 5.74) is 0.213. The molecular weight excluding hydrogens is 260 g/mol. The summed E-state index contributed by atoms with van der Waals surface area (Å²) in [6.45, 7) is 1.00. The van der Waals surface area contributed by atoms with E-state index in [-0.39, 0.29) is 24.2 Å². The highest BCUT2D eigenvalue weighted by Gasteiger charge is 2.22. The van der Waals surface area contributed by atoms with Gasteiger partial charge in [-0.25, -0.2) is 9.48 Å². The largest absolute Gasteiger partial charge is 0.393 e. The second kappa shape index (κ2) is 5.09. The summed E-state index contributed by atoms with van der Waals surface area (Å²) in [5.74, 6) is -0.137. The lowest BCUT2D eigenvalue weighted by atomic mass is 10.1. The number of carbonyl (C=O) groups is 1. The molecule has 3 rings (SSSR count). The second-order valence-corrected chi connectivity index (χ2v) is 4.98. The van der Waals surface area contributed by atoms with E-state index in [9.17, 15) is 14.7 Å². The van der Waals surface area contributed by atoms with Gasteiger partial charge in [0.1, 0.15) is 6.54 Å². The lowest BCUT2D eigenvalue weighted by molar-refractivity contribution is -0.134. The maximum absolute atomic E-state index is 12.1. The smallest absolute Gasteiger partial charge is 0.350 e. The Morgan fingerprint density at radius 2 is 2.10 bits per heavy atom. The van der Waals surface area contributed by atoms with E-state index in [2.05, 4.69) is 5.10 Å². The van der Waals surface area contributed by atoms with Crippen molar-refractivity contribution < 1.29 is 9.90 Å². The van der Waals surface area contributed by atoms with E-state index < -0.39 is 0 Å². The lowest BCUT2D eigenvalue weighted by Gasteiger charge is -2.29. The van der Waals surface area contributed by atoms with Crippen LogP contribution in [0.1, 0.15) is 12.8 Å². The first-order valence-corrected chi connectivity index (χ1v) is 6.65. The Balaban J connectivity index is 1.78. The number of nitrogens with zero attached hydrogens (tertiary/aromatic N) is 4. The van der Waals surface area contributed by atoms with Crippen LogP contribution < -0.4 is 5.69 Å². The average molecular weight is 276 g/mol. The van der Waals surface area contributed by atoms with Crippen molar-refractivity contribution in [1.29, 1.82) is 0 Å². The highest BCUT2D eigenvalue weighted by Crippen LogP contribution is 2.10. The molecule has 20 heavy (non-hydrogen) atoms. The quantitative estimate of drug-likeness (QED) is 0.800. The number of hydrogen-bond donors (Lipinski definition) is 1. The third-order valence-electron chi connectivity index (χ3n) is 3.59. The van der Waals surface area contributed by atoms with Crippen LogP contribution in [0.25, 0.3) is 5.65 Å². The van der Waals surface area contributed by atoms with Crippen LogP contribution in [0.5, 0.6) is 0 Å². The van der Waals surface area contributed by atoms with Gasteiger partial charge in [-0.2, -0.15) is 0 Å². The van der Waals surface area contributed by atoms with E-state index in [0.29, 0.717) is 31.6 Å². The first-order valence-electron chi connectivity index (χ1n) is 6.65. The fourth-order valence-electron chi connectivity index (χ4n) is 2.41. The molecule has 1 fully saturated rings. The maximum atomic E-state index is 12.1. The Hall–Kier alpha value is -2.15. The number of aromatic nitrogens is 3. The number of pyridine rings is 1. The van der Waals surface area contributed by atoms with Crippen molar-refractivity contribution in [3.8, 4) is 0 Å². The molecule has 1 amide bonds. The summed E-state index contributed by atoms with van der Waals surface area (Å²) >= 11 is 0. The van der Waals surface area contributed by atoms with Gasteiger partial charge in [0, 0.05) is 19.3 Å². The molecule has 7 heteroatoms. The lowest BCUT2D eigenvalue weighted by Crippen LogP contribution is -2.42. The van der Waals surface area contributed by atoms with Gasteiger partial charge in [-0.1, -0.05) is 6.07 Å². The van der Waals surface area contributed by atoms with Gasteiger partial charge in [0.2, 0.25) is 5.91 Å². The topological polar surface area (TPSA) is 79.8 Å². The van der Waals surface area contributed by atoms with Crippen LogP contribution in [-0.4, -0.2) is 49.3 Å². The van der Waals surface area contributed by atoms with Crippen LogP contribution in [0.2, 0.25) is 0 Å². The first-order chi connectivity index (χ1) is 9.65. The van der Waals surface area contributed by atoms with Crippen molar-refractivity contribution in [3.63, 3.8) is 0 Å². The van der Waals surface area contributed by atoms with Crippen molar-refractivity contribution in [2.75, 3.05) is 13.1 Å². The molecule has 1 aliphatic rings. The van der Waals surface area contributed by atoms with Gasteiger partial charge in [-0.05, 0) is 25.0 Å². The molecular formula is C13H16N4O3. The first kappa shape index (κ1) is 12.9. The van der Waals surface area contributed by atoms with Crippen LogP contribution in [0, 0.1) is 0 Å². The molecule has 2 aromatic rings. The van der Waals surface area contributed by atoms with Gasteiger partial charge < -0.3 is 10.0 Å². The van der Waals surface area contributed by atoms with E-state index in [1.165, 1.54) is 9.08 Å². The van der Waals surface area contributed by atoms with Gasteiger partial charge in [-0.15, -0.1) is 5.10 Å². The van der Waals surface area contributed by atoms with Crippen molar-refractivity contribution >= 4 is 11.6 Å². The fraction of sp³-hybridized carbons (Fsp3) is 0.462. The van der Waals surface area contributed by atoms with E-state index >= 15 is 0 Å². The van der Waals surface area contributed by atoms with Gasteiger partial charge in [0.15, 0.2) is 5.65 Å². The summed E-state index contributed by atoms with van der Waals surface area (Å²) in [4.78, 5) is 25.9. The molecule has 1 N–H and O–H groups in total. The summed E-state index contributed by atoms with van der Waals surface area (Å²) in [6, 6.07) is 5.26. The monoisotopic (exact) mass is 276 g/mol. The Morgan fingerprint density at radius 3 is 2.80 bits per heavy atom. The third kappa shape index (κ3) is 2.32. The molecule has 0 aliphatic carbocycles. The Morgan fingerprint density at radius 1 is 1.35 bits per heavy atom. The Bertz CT molecular complexity index is 682. The molecule has 3 heterocycles. The number of amides is 1. The number of piperidine rings is 1. The van der Waals surface area contributed by atoms with E-state index in [4.69, 9.17) is 0 Å². The highest BCUT2D eigenvalue weighted by atomic mass is 16.3. The number of carbonyl (C=O) groups excluding carboxylic acids is 1. The number of fused-ring (bicyclic) bond motifs is 1. The molecule has 0 atom stereocenters. The van der Waals surface area contributed by atoms with Crippen LogP contribution >= 0.6 is 0 Å². The molecule has 0 unspecified atom stereocenters. The molecule has 0 spiro atoms. The number of rotatable bonds is 2. The Labute approximate surface area is 115 Å². The molecule has 0 aromatic carbocycles. The van der Waals surface area contributed by atoms with E-state index in [1.807, 2.05) is 0 Å². The number of aliphatic hydroxyl groups is 1. The summed E-state index contributed by atoms with van der Waals surface area (Å²) < 4.78 is 2.59. The van der Waals surface area contributed by atoms with Crippen molar-refractivity contribution in [3.05, 3.63) is 34.9 Å². The van der Waals surface area contributed by atoms with E-state index in [0.717, 1.165) is 0 Å². The van der Waals surface area contributed by atoms with Crippen LogP contribution in [0.15, 0.2) is 29.2 Å². The molecule has 2 aromatic heterocycles. The SMILES string of the molecule is O=C(Cn1nc2ccccn2c1=O)N1CCC(O)CC1. The van der Waals surface area contributed by atoms with Crippen molar-refractivity contribution in [2.45, 2.75) is 25.5 Å². The molecule has 1 saturated heterocycles. The molecule has 0 radical (unpaired) electrons. The maximum Gasteiger partial charge on any atom is 0.350 e. The zero-order valence-corrected chi connectivity index (χ0v) is 11.0. The second-order valence-electron chi connectivity index (χ2n) is 4.98. The predicted octanol–water partition coefficient (Wildman–Crippen LogP) is -0.521. The Kier molecular flexibility index (Phi) is 3.27. The summed E-state index contributed by atoms with van der Waals surface area (Å²) in [6.07, 6.45) is 2.48. The summed E-state index contributed by atoms with van der Waals surface area (Å²) in [5, 5.41) is 13.6. The molecule has 0 bridgehead atoms. The average Bonchev–Trinajstić information content (AvgIpc) is 2.77. The van der Waals surface area contributed by atoms with Gasteiger partial charge >= 0.3 is 5.69 Å². The van der Waals surface area contributed by atoms with Crippen LogP contribution in [0.3, 0.4) is 0 Å². The summed E-state index contributed by atoms with van der Waals surface area (Å²) in [7, 11) is 0. The van der Waals surface area contributed by atoms with Gasteiger partial charge in [0.25, 0.3) is 0 Å². The molecule has 7 nitrogen and oxygen atoms in total. The standard InChI is InChI=1S/C13H16N4O3/c18-10-4-7-15(8-5-10)12(19)9-17-13(20)16-6-2-1-3-11(16)14-17/h1-3,6,10,18H,4-5,7-9H2. The molecule has 106 valence electrons. The zero-order valence-electron chi connectivity index (χ0n) is 11.0. The van der Waals surface area contributed by atoms with E-state index in [1.54, 1.807) is 29.3 Å². The molecule has 0 saturated carbocycles. The minimum absolute atomic E-state index is 0.0589. The van der Waals surface area contributed by atoms with Gasteiger partial charge in [0.05, 0.1) is 6.10 Å². The number of aliphatic hydroxyl groups excluding tert-OH is 1. The molecule has 1 aliphatic heterocycles. The van der Waals surface area contributed by atoms with Crippen molar-refractivity contribution in [2.24, 2.45) is 0 Å². The van der Waals surface area contributed by atoms with Crippen LogP contribution in [0.4, 0.5) is 0 Å². The number of likely N-dealkylation sites (tertiary alicyclic amines) is 1. The minimum Gasteiger partial charge on any atom is -0.393 e. The third-order valence-corrected chi connectivity index (χ3v) is 3.59. The normalized spacial score (nSPS) is 16.8. The predicted molar refractivity (Wildman–Crippen MR) is 71.3 cm³/mol. The highest BCUT2D eigenvalue weighted by molar-refractivity contribution is 5.76. The number of hydrogen-bond acceptors (Lipinski definition) is 4.